The first-order chi connectivity index (χ1) is 9.67. The highest BCUT2D eigenvalue weighted by Gasteiger charge is 2.46. The van der Waals surface area contributed by atoms with Crippen molar-refractivity contribution in [2.75, 3.05) is 13.4 Å². The molecule has 7 heteroatoms. The quantitative estimate of drug-likeness (QED) is 0.506. The standard InChI is InChI=1S/C13H18O7/c14-6-9-12(18-7-15)10(16)11(17)13(20-9)19-8-4-2-1-3-5-8/h1-5,9-17H,6-7H2/t9-,10-,11-,12-,13-/m1/s1. The minimum atomic E-state index is -1.37. The van der Waals surface area contributed by atoms with E-state index in [0.29, 0.717) is 5.75 Å². The van der Waals surface area contributed by atoms with Crippen molar-refractivity contribution >= 4 is 0 Å². The summed E-state index contributed by atoms with van der Waals surface area (Å²) in [5.74, 6) is 0.460. The van der Waals surface area contributed by atoms with Crippen molar-refractivity contribution in [3.8, 4) is 5.75 Å². The molecular formula is C13H18O7. The van der Waals surface area contributed by atoms with Gasteiger partial charge in [-0.3, -0.25) is 0 Å². The minimum Gasteiger partial charge on any atom is -0.462 e. The maximum absolute atomic E-state index is 9.97. The molecule has 1 saturated heterocycles. The molecule has 1 aliphatic heterocycles. The van der Waals surface area contributed by atoms with Crippen LogP contribution >= 0.6 is 0 Å². The Morgan fingerprint density at radius 3 is 2.35 bits per heavy atom. The summed E-state index contributed by atoms with van der Waals surface area (Å²) in [7, 11) is 0. The molecule has 0 spiro atoms. The van der Waals surface area contributed by atoms with Gasteiger partial charge in [-0.2, -0.15) is 0 Å². The molecule has 1 heterocycles. The van der Waals surface area contributed by atoms with Crippen LogP contribution in [-0.4, -0.2) is 64.5 Å². The van der Waals surface area contributed by atoms with E-state index in [2.05, 4.69) is 0 Å². The molecule has 1 aliphatic rings. The number of rotatable bonds is 5. The summed E-state index contributed by atoms with van der Waals surface area (Å²) in [5, 5.41) is 37.9. The molecule has 20 heavy (non-hydrogen) atoms. The number of para-hydroxylation sites is 1. The van der Waals surface area contributed by atoms with Gasteiger partial charge in [-0.05, 0) is 12.1 Å². The Hall–Kier alpha value is -1.22. The molecule has 4 N–H and O–H groups in total. The Kier molecular flexibility index (Phi) is 5.30. The zero-order chi connectivity index (χ0) is 14.5. The predicted octanol–water partition coefficient (Wildman–Crippen LogP) is -1.16. The van der Waals surface area contributed by atoms with Crippen LogP contribution < -0.4 is 4.74 Å². The van der Waals surface area contributed by atoms with Crippen LogP contribution in [0.3, 0.4) is 0 Å². The van der Waals surface area contributed by atoms with Gasteiger partial charge in [0, 0.05) is 0 Å². The van der Waals surface area contributed by atoms with Gasteiger partial charge in [0.05, 0.1) is 6.61 Å². The third-order valence-electron chi connectivity index (χ3n) is 3.08. The van der Waals surface area contributed by atoms with E-state index in [1.165, 1.54) is 0 Å². The van der Waals surface area contributed by atoms with Crippen LogP contribution in [0.4, 0.5) is 0 Å². The Bertz CT molecular complexity index is 397. The smallest absolute Gasteiger partial charge is 0.229 e. The maximum Gasteiger partial charge on any atom is 0.229 e. The molecule has 7 nitrogen and oxygen atoms in total. The zero-order valence-corrected chi connectivity index (χ0v) is 10.7. The van der Waals surface area contributed by atoms with E-state index >= 15 is 0 Å². The van der Waals surface area contributed by atoms with Gasteiger partial charge < -0.3 is 34.6 Å². The number of ether oxygens (including phenoxy) is 3. The van der Waals surface area contributed by atoms with Crippen molar-refractivity contribution in [2.45, 2.75) is 30.7 Å². The molecule has 0 unspecified atom stereocenters. The minimum absolute atomic E-state index is 0.441. The first-order valence-corrected chi connectivity index (χ1v) is 6.24. The fourth-order valence-corrected chi connectivity index (χ4v) is 2.08. The second-order valence-electron chi connectivity index (χ2n) is 4.40. The molecule has 0 bridgehead atoms. The lowest BCUT2D eigenvalue weighted by molar-refractivity contribution is -0.293. The van der Waals surface area contributed by atoms with Gasteiger partial charge in [0.15, 0.2) is 0 Å². The normalized spacial score (nSPS) is 33.9. The maximum atomic E-state index is 9.97. The van der Waals surface area contributed by atoms with Gasteiger partial charge in [0.25, 0.3) is 0 Å². The third-order valence-corrected chi connectivity index (χ3v) is 3.08. The van der Waals surface area contributed by atoms with Crippen molar-refractivity contribution in [1.29, 1.82) is 0 Å². The van der Waals surface area contributed by atoms with Crippen LogP contribution in [0.2, 0.25) is 0 Å². The SMILES string of the molecule is OCO[C@H]1[C@H](O)[C@@H](O)[C@H](Oc2ccccc2)O[C@@H]1CO. The van der Waals surface area contributed by atoms with Gasteiger partial charge >= 0.3 is 0 Å². The zero-order valence-electron chi connectivity index (χ0n) is 10.7. The van der Waals surface area contributed by atoms with E-state index in [0.717, 1.165) is 0 Å². The summed E-state index contributed by atoms with van der Waals surface area (Å²) in [5.41, 5.74) is 0. The van der Waals surface area contributed by atoms with E-state index in [1.807, 2.05) is 6.07 Å². The number of hydrogen-bond donors (Lipinski definition) is 4. The summed E-state index contributed by atoms with van der Waals surface area (Å²) in [6, 6.07) is 8.66. The van der Waals surface area contributed by atoms with Gasteiger partial charge in [0.1, 0.15) is 37.0 Å². The van der Waals surface area contributed by atoms with E-state index in [1.54, 1.807) is 24.3 Å². The van der Waals surface area contributed by atoms with Gasteiger partial charge in [-0.15, -0.1) is 0 Å². The third kappa shape index (κ3) is 3.26. The highest BCUT2D eigenvalue weighted by molar-refractivity contribution is 5.21. The number of benzene rings is 1. The number of aliphatic hydroxyl groups is 4. The molecule has 1 aromatic carbocycles. The molecule has 5 atom stereocenters. The molecule has 2 rings (SSSR count). The van der Waals surface area contributed by atoms with Gasteiger partial charge in [-0.1, -0.05) is 18.2 Å². The highest BCUT2D eigenvalue weighted by atomic mass is 16.7. The average Bonchev–Trinajstić information content (AvgIpc) is 2.48. The van der Waals surface area contributed by atoms with Crippen LogP contribution in [0.25, 0.3) is 0 Å². The molecule has 0 radical (unpaired) electrons. The number of aliphatic hydroxyl groups excluding tert-OH is 4. The van der Waals surface area contributed by atoms with Gasteiger partial charge in [0.2, 0.25) is 6.29 Å². The average molecular weight is 286 g/mol. The molecule has 0 saturated carbocycles. The van der Waals surface area contributed by atoms with Crippen molar-refractivity contribution in [3.63, 3.8) is 0 Å². The Labute approximate surface area is 115 Å². The summed E-state index contributed by atoms with van der Waals surface area (Å²) < 4.78 is 15.7. The largest absolute Gasteiger partial charge is 0.462 e. The second-order valence-corrected chi connectivity index (χ2v) is 4.40. The van der Waals surface area contributed by atoms with Crippen LogP contribution in [-0.2, 0) is 9.47 Å². The topological polar surface area (TPSA) is 109 Å². The lowest BCUT2D eigenvalue weighted by Crippen LogP contribution is -2.61. The highest BCUT2D eigenvalue weighted by Crippen LogP contribution is 2.25. The molecule has 1 fully saturated rings. The monoisotopic (exact) mass is 286 g/mol. The molecule has 0 aromatic heterocycles. The Morgan fingerprint density at radius 2 is 1.75 bits per heavy atom. The van der Waals surface area contributed by atoms with Crippen molar-refractivity contribution in [3.05, 3.63) is 30.3 Å². The Balaban J connectivity index is 2.08. The molecule has 112 valence electrons. The van der Waals surface area contributed by atoms with Crippen molar-refractivity contribution < 1.29 is 34.6 Å². The van der Waals surface area contributed by atoms with Crippen molar-refractivity contribution in [1.82, 2.24) is 0 Å². The van der Waals surface area contributed by atoms with Crippen molar-refractivity contribution in [2.24, 2.45) is 0 Å². The molecular weight excluding hydrogens is 268 g/mol. The van der Waals surface area contributed by atoms with Gasteiger partial charge in [-0.25, -0.2) is 0 Å². The number of hydrogen-bond acceptors (Lipinski definition) is 7. The molecule has 1 aromatic rings. The fraction of sp³-hybridized carbons (Fsp3) is 0.538. The summed E-state index contributed by atoms with van der Waals surface area (Å²) in [6.07, 6.45) is -5.79. The lowest BCUT2D eigenvalue weighted by atomic mass is 9.99. The summed E-state index contributed by atoms with van der Waals surface area (Å²) in [6.45, 7) is -1.10. The summed E-state index contributed by atoms with van der Waals surface area (Å²) >= 11 is 0. The van der Waals surface area contributed by atoms with Crippen LogP contribution in [0.5, 0.6) is 5.75 Å². The van der Waals surface area contributed by atoms with E-state index in [4.69, 9.17) is 19.3 Å². The van der Waals surface area contributed by atoms with E-state index in [-0.39, 0.29) is 0 Å². The van der Waals surface area contributed by atoms with Crippen LogP contribution in [0.1, 0.15) is 0 Å². The predicted molar refractivity (Wildman–Crippen MR) is 66.8 cm³/mol. The van der Waals surface area contributed by atoms with E-state index < -0.39 is 44.1 Å². The molecule has 0 aliphatic carbocycles. The first kappa shape index (κ1) is 15.2. The lowest BCUT2D eigenvalue weighted by Gasteiger charge is -2.41. The Morgan fingerprint density at radius 1 is 1.05 bits per heavy atom. The summed E-state index contributed by atoms with van der Waals surface area (Å²) in [4.78, 5) is 0. The van der Waals surface area contributed by atoms with Crippen LogP contribution in [0.15, 0.2) is 30.3 Å². The molecule has 0 amide bonds. The second kappa shape index (κ2) is 6.98. The van der Waals surface area contributed by atoms with Crippen LogP contribution in [0, 0.1) is 0 Å². The van der Waals surface area contributed by atoms with E-state index in [9.17, 15) is 15.3 Å². The fourth-order valence-electron chi connectivity index (χ4n) is 2.08. The first-order valence-electron chi connectivity index (χ1n) is 6.24.